The highest BCUT2D eigenvalue weighted by atomic mass is 16.2. The number of amides is 1. The van der Waals surface area contributed by atoms with Crippen LogP contribution in [0.4, 0.5) is 0 Å². The van der Waals surface area contributed by atoms with E-state index < -0.39 is 0 Å². The molecule has 1 N–H and O–H groups in total. The first-order valence-electron chi connectivity index (χ1n) is 8.62. The molecule has 0 fully saturated rings. The zero-order chi connectivity index (χ0) is 17.6. The molecule has 1 amide bonds. The van der Waals surface area contributed by atoms with Crippen LogP contribution in [0.1, 0.15) is 24.1 Å². The minimum atomic E-state index is 0.0165. The fourth-order valence-corrected chi connectivity index (χ4v) is 3.06. The van der Waals surface area contributed by atoms with Gasteiger partial charge in [-0.1, -0.05) is 66.7 Å². The molecule has 0 radical (unpaired) electrons. The van der Waals surface area contributed by atoms with Gasteiger partial charge in [0.1, 0.15) is 0 Å². The van der Waals surface area contributed by atoms with Crippen molar-refractivity contribution in [3.63, 3.8) is 0 Å². The van der Waals surface area contributed by atoms with Gasteiger partial charge in [0, 0.05) is 6.54 Å². The van der Waals surface area contributed by atoms with Crippen molar-refractivity contribution in [3.8, 4) is 0 Å². The number of nitrogens with one attached hydrogen (secondary N) is 1. The van der Waals surface area contributed by atoms with E-state index >= 15 is 0 Å². The molecule has 3 rings (SSSR count). The zero-order valence-electron chi connectivity index (χ0n) is 14.8. The highest BCUT2D eigenvalue weighted by Crippen LogP contribution is 2.16. The van der Waals surface area contributed by atoms with Gasteiger partial charge in [0.25, 0.3) is 0 Å². The highest BCUT2D eigenvalue weighted by Gasteiger charge is 2.11. The third kappa shape index (κ3) is 4.68. The van der Waals surface area contributed by atoms with Crippen LogP contribution in [-0.2, 0) is 11.3 Å². The minimum absolute atomic E-state index is 0.0165. The van der Waals surface area contributed by atoms with Crippen molar-refractivity contribution in [2.24, 2.45) is 0 Å². The number of carbonyl (C=O) groups excluding carboxylic acids is 1. The van der Waals surface area contributed by atoms with E-state index in [2.05, 4.69) is 35.6 Å². The Hall–Kier alpha value is -2.65. The predicted octanol–water partition coefficient (Wildman–Crippen LogP) is 4.15. The van der Waals surface area contributed by atoms with Crippen LogP contribution < -0.4 is 5.32 Å². The van der Waals surface area contributed by atoms with E-state index in [-0.39, 0.29) is 11.9 Å². The molecule has 3 heteroatoms. The first kappa shape index (κ1) is 17.2. The minimum Gasteiger partial charge on any atom is -0.348 e. The lowest BCUT2D eigenvalue weighted by Crippen LogP contribution is -2.36. The molecule has 1 unspecified atom stereocenters. The van der Waals surface area contributed by atoms with Crippen molar-refractivity contribution < 1.29 is 4.79 Å². The maximum absolute atomic E-state index is 12.3. The Bertz CT molecular complexity index is 845. The predicted molar refractivity (Wildman–Crippen MR) is 103 cm³/mol. The molecule has 0 bridgehead atoms. The van der Waals surface area contributed by atoms with Crippen LogP contribution in [0.2, 0.25) is 0 Å². The van der Waals surface area contributed by atoms with Crippen LogP contribution in [0, 0.1) is 0 Å². The molecule has 25 heavy (non-hydrogen) atoms. The molecule has 0 saturated carbocycles. The van der Waals surface area contributed by atoms with Gasteiger partial charge in [-0.3, -0.25) is 9.69 Å². The summed E-state index contributed by atoms with van der Waals surface area (Å²) >= 11 is 0. The molecule has 0 aliphatic carbocycles. The number of benzene rings is 3. The quantitative estimate of drug-likeness (QED) is 0.735. The van der Waals surface area contributed by atoms with E-state index in [0.717, 1.165) is 12.1 Å². The Morgan fingerprint density at radius 1 is 0.960 bits per heavy atom. The van der Waals surface area contributed by atoms with Crippen LogP contribution >= 0.6 is 0 Å². The second-order valence-corrected chi connectivity index (χ2v) is 6.55. The molecule has 0 saturated heterocycles. The van der Waals surface area contributed by atoms with Crippen molar-refractivity contribution in [3.05, 3.63) is 83.9 Å². The van der Waals surface area contributed by atoms with Crippen molar-refractivity contribution in [2.75, 3.05) is 13.6 Å². The summed E-state index contributed by atoms with van der Waals surface area (Å²) in [5.74, 6) is 0.0413. The maximum atomic E-state index is 12.3. The van der Waals surface area contributed by atoms with Gasteiger partial charge in [-0.05, 0) is 41.9 Å². The van der Waals surface area contributed by atoms with E-state index in [9.17, 15) is 4.79 Å². The molecular formula is C22H24N2O. The first-order valence-corrected chi connectivity index (χ1v) is 8.62. The molecule has 0 heterocycles. The summed E-state index contributed by atoms with van der Waals surface area (Å²) in [7, 11) is 1.97. The summed E-state index contributed by atoms with van der Waals surface area (Å²) in [6.45, 7) is 3.14. The van der Waals surface area contributed by atoms with Crippen molar-refractivity contribution in [2.45, 2.75) is 19.5 Å². The zero-order valence-corrected chi connectivity index (χ0v) is 14.8. The third-order valence-electron chi connectivity index (χ3n) is 4.36. The van der Waals surface area contributed by atoms with Gasteiger partial charge in [0.2, 0.25) is 5.91 Å². The van der Waals surface area contributed by atoms with Crippen LogP contribution in [0.3, 0.4) is 0 Å². The first-order chi connectivity index (χ1) is 12.1. The van der Waals surface area contributed by atoms with Gasteiger partial charge in [0.15, 0.2) is 0 Å². The van der Waals surface area contributed by atoms with Gasteiger partial charge >= 0.3 is 0 Å². The van der Waals surface area contributed by atoms with Crippen molar-refractivity contribution >= 4 is 16.7 Å². The summed E-state index contributed by atoms with van der Waals surface area (Å²) in [4.78, 5) is 14.3. The number of nitrogens with zero attached hydrogens (tertiary/aromatic N) is 1. The molecular weight excluding hydrogens is 308 g/mol. The summed E-state index contributed by atoms with van der Waals surface area (Å²) in [5.41, 5.74) is 2.33. The Morgan fingerprint density at radius 2 is 1.64 bits per heavy atom. The van der Waals surface area contributed by atoms with Gasteiger partial charge in [0.05, 0.1) is 12.6 Å². The number of hydrogen-bond acceptors (Lipinski definition) is 2. The van der Waals surface area contributed by atoms with Gasteiger partial charge < -0.3 is 5.32 Å². The molecule has 0 spiro atoms. The molecule has 3 aromatic carbocycles. The van der Waals surface area contributed by atoms with E-state index in [1.54, 1.807) is 0 Å². The average Bonchev–Trinajstić information content (AvgIpc) is 2.62. The number of likely N-dealkylation sites (N-methyl/N-ethyl adjacent to an activating group) is 1. The van der Waals surface area contributed by atoms with E-state index in [1.165, 1.54) is 16.3 Å². The van der Waals surface area contributed by atoms with E-state index in [0.29, 0.717) is 6.54 Å². The number of carbonyl (C=O) groups is 1. The van der Waals surface area contributed by atoms with Crippen LogP contribution in [-0.4, -0.2) is 24.4 Å². The normalized spacial score (nSPS) is 12.3. The summed E-state index contributed by atoms with van der Waals surface area (Å²) in [6, 6.07) is 24.8. The summed E-state index contributed by atoms with van der Waals surface area (Å²) < 4.78 is 0. The third-order valence-corrected chi connectivity index (χ3v) is 4.36. The Kier molecular flexibility index (Phi) is 5.46. The second-order valence-electron chi connectivity index (χ2n) is 6.55. The fraction of sp³-hybridized carbons (Fsp3) is 0.227. The number of fused-ring (bicyclic) bond motifs is 1. The van der Waals surface area contributed by atoms with E-state index in [1.807, 2.05) is 61.3 Å². The van der Waals surface area contributed by atoms with E-state index in [4.69, 9.17) is 0 Å². The Balaban J connectivity index is 1.55. The van der Waals surface area contributed by atoms with Gasteiger partial charge in [-0.2, -0.15) is 0 Å². The number of rotatable bonds is 6. The fourth-order valence-electron chi connectivity index (χ4n) is 3.06. The molecule has 128 valence electrons. The monoisotopic (exact) mass is 332 g/mol. The second kappa shape index (κ2) is 7.95. The molecule has 0 aliphatic rings. The summed E-state index contributed by atoms with van der Waals surface area (Å²) in [6.07, 6.45) is 0. The van der Waals surface area contributed by atoms with Gasteiger partial charge in [-0.25, -0.2) is 0 Å². The van der Waals surface area contributed by atoms with Gasteiger partial charge in [-0.15, -0.1) is 0 Å². The maximum Gasteiger partial charge on any atom is 0.234 e. The summed E-state index contributed by atoms with van der Waals surface area (Å²) in [5, 5.41) is 5.53. The topological polar surface area (TPSA) is 32.3 Å². The lowest BCUT2D eigenvalue weighted by molar-refractivity contribution is -0.122. The SMILES string of the molecule is CC(NC(=O)CN(C)Cc1ccc2ccccc2c1)c1ccccc1. The molecule has 0 aromatic heterocycles. The molecule has 1 atom stereocenters. The smallest absolute Gasteiger partial charge is 0.234 e. The Morgan fingerprint density at radius 3 is 2.40 bits per heavy atom. The Labute approximate surface area is 149 Å². The molecule has 3 aromatic rings. The highest BCUT2D eigenvalue weighted by molar-refractivity contribution is 5.83. The standard InChI is InChI=1S/C22H24N2O/c1-17(19-8-4-3-5-9-19)23-22(25)16-24(2)15-18-12-13-20-10-6-7-11-21(20)14-18/h3-14,17H,15-16H2,1-2H3,(H,23,25). The molecule has 3 nitrogen and oxygen atoms in total. The van der Waals surface area contributed by atoms with Crippen LogP contribution in [0.5, 0.6) is 0 Å². The average molecular weight is 332 g/mol. The largest absolute Gasteiger partial charge is 0.348 e. The lowest BCUT2D eigenvalue weighted by Gasteiger charge is -2.19. The number of hydrogen-bond donors (Lipinski definition) is 1. The van der Waals surface area contributed by atoms with Crippen LogP contribution in [0.15, 0.2) is 72.8 Å². The molecule has 0 aliphatic heterocycles. The van der Waals surface area contributed by atoms with Crippen molar-refractivity contribution in [1.29, 1.82) is 0 Å². The lowest BCUT2D eigenvalue weighted by atomic mass is 10.1. The van der Waals surface area contributed by atoms with Crippen molar-refractivity contribution in [1.82, 2.24) is 10.2 Å². The van der Waals surface area contributed by atoms with Crippen LogP contribution in [0.25, 0.3) is 10.8 Å².